The zero-order valence-electron chi connectivity index (χ0n) is 4.34. The molecule has 0 aliphatic rings. The first kappa shape index (κ1) is 7.88. The van der Waals surface area contributed by atoms with Crippen LogP contribution in [0.4, 0.5) is 8.78 Å². The van der Waals surface area contributed by atoms with Gasteiger partial charge >= 0.3 is 4.83 Å². The first-order valence-electron chi connectivity index (χ1n) is 1.92. The van der Waals surface area contributed by atoms with Crippen LogP contribution >= 0.6 is 15.9 Å². The number of halogens is 3. The number of alkyl halides is 3. The van der Waals surface area contributed by atoms with E-state index in [1.54, 1.807) is 0 Å². The van der Waals surface area contributed by atoms with Crippen LogP contribution in [0.3, 0.4) is 0 Å². The lowest BCUT2D eigenvalue weighted by atomic mass is 10.5. The smallest absolute Gasteiger partial charge is 0.340 e. The molecule has 0 radical (unpaired) electrons. The molecule has 0 aromatic rings. The van der Waals surface area contributed by atoms with Gasteiger partial charge in [0.1, 0.15) is 0 Å². The molecule has 0 fully saturated rings. The van der Waals surface area contributed by atoms with Crippen LogP contribution < -0.4 is 5.32 Å². The Bertz CT molecular complexity index is 96.7. The van der Waals surface area contributed by atoms with Gasteiger partial charge in [-0.1, -0.05) is 6.58 Å². The second-order valence-corrected chi connectivity index (χ2v) is 2.22. The maximum atomic E-state index is 11.9. The number of hydrogen-bond donors (Lipinski definition) is 1. The lowest BCUT2D eigenvalue weighted by Crippen LogP contribution is -2.19. The van der Waals surface area contributed by atoms with Crippen molar-refractivity contribution in [3.8, 4) is 0 Å². The van der Waals surface area contributed by atoms with Gasteiger partial charge in [-0.2, -0.15) is 8.78 Å². The van der Waals surface area contributed by atoms with Gasteiger partial charge in [-0.05, 0) is 15.9 Å². The molecule has 0 spiro atoms. The van der Waals surface area contributed by atoms with E-state index in [4.69, 9.17) is 0 Å². The Kier molecular flexibility index (Phi) is 2.40. The number of rotatable bonds is 2. The van der Waals surface area contributed by atoms with Gasteiger partial charge in [0.2, 0.25) is 0 Å². The third-order valence-electron chi connectivity index (χ3n) is 0.644. The predicted molar refractivity (Wildman–Crippen MR) is 32.1 cm³/mol. The fourth-order valence-electron chi connectivity index (χ4n) is 0.142. The van der Waals surface area contributed by atoms with Crippen molar-refractivity contribution in [1.82, 2.24) is 5.32 Å². The summed E-state index contributed by atoms with van der Waals surface area (Å²) in [6.45, 7) is 3.04. The number of allylic oxidation sites excluding steroid dienone is 1. The Morgan fingerprint density at radius 2 is 2.12 bits per heavy atom. The van der Waals surface area contributed by atoms with Crippen molar-refractivity contribution in [1.29, 1.82) is 0 Å². The highest BCUT2D eigenvalue weighted by Crippen LogP contribution is 2.27. The van der Waals surface area contributed by atoms with Crippen LogP contribution in [-0.4, -0.2) is 11.9 Å². The summed E-state index contributed by atoms with van der Waals surface area (Å²) in [5, 5.41) is 2.21. The van der Waals surface area contributed by atoms with Crippen LogP contribution in [0.1, 0.15) is 0 Å². The van der Waals surface area contributed by atoms with Gasteiger partial charge in [0.25, 0.3) is 0 Å². The van der Waals surface area contributed by atoms with Crippen molar-refractivity contribution in [2.75, 3.05) is 7.05 Å². The first-order valence-corrected chi connectivity index (χ1v) is 2.71. The fraction of sp³-hybridized carbons (Fsp3) is 0.500. The van der Waals surface area contributed by atoms with Crippen LogP contribution in [0.2, 0.25) is 0 Å². The molecule has 0 bridgehead atoms. The molecular formula is C4H6BrF2N. The van der Waals surface area contributed by atoms with Crippen LogP contribution in [0.25, 0.3) is 0 Å². The van der Waals surface area contributed by atoms with Gasteiger partial charge in [0, 0.05) is 7.05 Å². The lowest BCUT2D eigenvalue weighted by Gasteiger charge is -2.09. The van der Waals surface area contributed by atoms with Crippen LogP contribution in [0.5, 0.6) is 0 Å². The molecular weight excluding hydrogens is 180 g/mol. The molecule has 8 heavy (non-hydrogen) atoms. The largest absolute Gasteiger partial charge is 0.386 e. The molecule has 0 saturated carbocycles. The minimum atomic E-state index is -2.98. The molecule has 0 amide bonds. The second kappa shape index (κ2) is 2.44. The van der Waals surface area contributed by atoms with Crippen molar-refractivity contribution in [2.45, 2.75) is 4.83 Å². The van der Waals surface area contributed by atoms with Crippen LogP contribution in [0.15, 0.2) is 12.3 Å². The molecule has 0 heterocycles. The molecule has 4 heteroatoms. The van der Waals surface area contributed by atoms with E-state index >= 15 is 0 Å². The lowest BCUT2D eigenvalue weighted by molar-refractivity contribution is 0.150. The Labute approximate surface area is 54.9 Å². The summed E-state index contributed by atoms with van der Waals surface area (Å²) in [5.74, 6) is 0. The van der Waals surface area contributed by atoms with E-state index in [-0.39, 0.29) is 5.70 Å². The average Bonchev–Trinajstić information content (AvgIpc) is 1.62. The Morgan fingerprint density at radius 1 is 1.75 bits per heavy atom. The van der Waals surface area contributed by atoms with Crippen LogP contribution in [-0.2, 0) is 0 Å². The molecule has 0 aromatic carbocycles. The Hall–Kier alpha value is -0.120. The van der Waals surface area contributed by atoms with Gasteiger partial charge in [0.15, 0.2) is 0 Å². The first-order chi connectivity index (χ1) is 3.48. The van der Waals surface area contributed by atoms with Crippen LogP contribution in [0, 0.1) is 0 Å². The average molecular weight is 186 g/mol. The molecule has 48 valence electrons. The third kappa shape index (κ3) is 2.26. The van der Waals surface area contributed by atoms with Gasteiger partial charge in [-0.15, -0.1) is 0 Å². The van der Waals surface area contributed by atoms with E-state index in [0.29, 0.717) is 0 Å². The normalized spacial score (nSPS) is 11.0. The van der Waals surface area contributed by atoms with Crippen molar-refractivity contribution >= 4 is 15.9 Å². The molecule has 0 unspecified atom stereocenters. The molecule has 1 nitrogen and oxygen atoms in total. The minimum Gasteiger partial charge on any atom is -0.386 e. The zero-order chi connectivity index (χ0) is 6.78. The van der Waals surface area contributed by atoms with Crippen molar-refractivity contribution in [3.05, 3.63) is 12.3 Å². The quantitative estimate of drug-likeness (QED) is 0.647. The summed E-state index contributed by atoms with van der Waals surface area (Å²) in [5.41, 5.74) is -0.336. The molecule has 0 atom stereocenters. The van der Waals surface area contributed by atoms with E-state index in [1.165, 1.54) is 7.05 Å². The minimum absolute atomic E-state index is 0.336. The topological polar surface area (TPSA) is 12.0 Å². The van der Waals surface area contributed by atoms with E-state index in [9.17, 15) is 8.78 Å². The second-order valence-electron chi connectivity index (χ2n) is 1.23. The maximum Gasteiger partial charge on any atom is 0.340 e. The fourth-order valence-corrected chi connectivity index (χ4v) is 0.340. The van der Waals surface area contributed by atoms with E-state index in [2.05, 4.69) is 27.8 Å². The van der Waals surface area contributed by atoms with Crippen molar-refractivity contribution in [2.24, 2.45) is 0 Å². The third-order valence-corrected chi connectivity index (χ3v) is 1.12. The summed E-state index contributed by atoms with van der Waals surface area (Å²) < 4.78 is 23.7. The van der Waals surface area contributed by atoms with Gasteiger partial charge in [-0.3, -0.25) is 0 Å². The number of nitrogens with one attached hydrogen (secondary N) is 1. The van der Waals surface area contributed by atoms with Crippen molar-refractivity contribution in [3.63, 3.8) is 0 Å². The highest BCUT2D eigenvalue weighted by Gasteiger charge is 2.26. The Balaban J connectivity index is 3.82. The van der Waals surface area contributed by atoms with Crippen molar-refractivity contribution < 1.29 is 8.78 Å². The molecule has 0 aliphatic heterocycles. The van der Waals surface area contributed by atoms with E-state index in [0.717, 1.165) is 0 Å². The van der Waals surface area contributed by atoms with E-state index in [1.807, 2.05) is 0 Å². The molecule has 1 N–H and O–H groups in total. The molecule has 0 saturated heterocycles. The summed E-state index contributed by atoms with van der Waals surface area (Å²) in [4.78, 5) is -2.98. The summed E-state index contributed by atoms with van der Waals surface area (Å²) in [7, 11) is 1.39. The molecule has 0 aliphatic carbocycles. The standard InChI is InChI=1S/C4H6BrF2N/c1-3(8-2)4(5,6)7/h8H,1H2,2H3. The van der Waals surface area contributed by atoms with Gasteiger partial charge < -0.3 is 5.32 Å². The van der Waals surface area contributed by atoms with Gasteiger partial charge in [0.05, 0.1) is 5.70 Å². The predicted octanol–water partition coefficient (Wildman–Crippen LogP) is 1.71. The molecule has 0 rings (SSSR count). The summed E-state index contributed by atoms with van der Waals surface area (Å²) in [6.07, 6.45) is 0. The monoisotopic (exact) mass is 185 g/mol. The van der Waals surface area contributed by atoms with Gasteiger partial charge in [-0.25, -0.2) is 0 Å². The molecule has 0 aromatic heterocycles. The highest BCUT2D eigenvalue weighted by molar-refractivity contribution is 9.10. The maximum absolute atomic E-state index is 11.9. The van der Waals surface area contributed by atoms with E-state index < -0.39 is 4.83 Å². The summed E-state index contributed by atoms with van der Waals surface area (Å²) in [6, 6.07) is 0. The zero-order valence-corrected chi connectivity index (χ0v) is 5.93. The highest BCUT2D eigenvalue weighted by atomic mass is 79.9. The Morgan fingerprint density at radius 3 is 2.12 bits per heavy atom. The summed E-state index contributed by atoms with van der Waals surface area (Å²) >= 11 is 2.11. The number of hydrogen-bond acceptors (Lipinski definition) is 1. The SMILES string of the molecule is C=C(NC)C(F)(F)Br.